The van der Waals surface area contributed by atoms with Crippen LogP contribution < -0.4 is 4.72 Å². The van der Waals surface area contributed by atoms with E-state index >= 15 is 0 Å². The molecule has 0 atom stereocenters. The highest BCUT2D eigenvalue weighted by atomic mass is 32.2. The van der Waals surface area contributed by atoms with Gasteiger partial charge in [0.1, 0.15) is 5.75 Å². The molecule has 0 bridgehead atoms. The van der Waals surface area contributed by atoms with Crippen molar-refractivity contribution >= 4 is 10.0 Å². The van der Waals surface area contributed by atoms with Crippen molar-refractivity contribution in [2.45, 2.75) is 37.5 Å². The molecule has 18 heavy (non-hydrogen) atoms. The zero-order valence-electron chi connectivity index (χ0n) is 10.5. The minimum Gasteiger partial charge on any atom is -0.508 e. The Morgan fingerprint density at radius 1 is 1.33 bits per heavy atom. The Balaban J connectivity index is 2.08. The maximum absolute atomic E-state index is 12.1. The third-order valence-electron chi connectivity index (χ3n) is 3.63. The Bertz CT molecular complexity index is 519. The molecule has 1 aromatic rings. The predicted octanol–water partition coefficient (Wildman–Crippen LogP) is 2.25. The topological polar surface area (TPSA) is 66.4 Å². The Labute approximate surface area is 108 Å². The predicted molar refractivity (Wildman–Crippen MR) is 69.9 cm³/mol. The summed E-state index contributed by atoms with van der Waals surface area (Å²) in [6, 6.07) is 5.73. The van der Waals surface area contributed by atoms with E-state index in [1.807, 2.05) is 0 Å². The second-order valence-corrected chi connectivity index (χ2v) is 7.11. The summed E-state index contributed by atoms with van der Waals surface area (Å²) in [5.74, 6) is -0.0371. The number of benzene rings is 1. The van der Waals surface area contributed by atoms with E-state index in [1.165, 1.54) is 37.1 Å². The zero-order chi connectivity index (χ0) is 13.2. The maximum atomic E-state index is 12.1. The number of phenolic OH excluding ortho intramolecular Hbond substituents is 1. The van der Waals surface area contributed by atoms with Crippen LogP contribution in [0.1, 0.15) is 32.6 Å². The number of hydrogen-bond acceptors (Lipinski definition) is 3. The van der Waals surface area contributed by atoms with Gasteiger partial charge in [0.05, 0.1) is 4.90 Å². The van der Waals surface area contributed by atoms with Crippen LogP contribution in [0.2, 0.25) is 0 Å². The highest BCUT2D eigenvalue weighted by Gasteiger charge is 2.30. The molecule has 1 aliphatic carbocycles. The number of hydrogen-bond donors (Lipinski definition) is 2. The monoisotopic (exact) mass is 269 g/mol. The molecule has 100 valence electrons. The first-order valence-electron chi connectivity index (χ1n) is 6.20. The van der Waals surface area contributed by atoms with E-state index in [1.54, 1.807) is 0 Å². The van der Waals surface area contributed by atoms with Gasteiger partial charge in [0.15, 0.2) is 0 Å². The van der Waals surface area contributed by atoms with Gasteiger partial charge in [0.25, 0.3) is 0 Å². The van der Waals surface area contributed by atoms with Gasteiger partial charge in [-0.1, -0.05) is 25.8 Å². The summed E-state index contributed by atoms with van der Waals surface area (Å²) in [6.07, 6.45) is 4.47. The average molecular weight is 269 g/mol. The lowest BCUT2D eigenvalue weighted by Gasteiger charge is -2.23. The van der Waals surface area contributed by atoms with Crippen molar-refractivity contribution in [2.24, 2.45) is 5.41 Å². The third kappa shape index (κ3) is 3.03. The van der Waals surface area contributed by atoms with E-state index in [9.17, 15) is 13.5 Å². The highest BCUT2D eigenvalue weighted by Crippen LogP contribution is 2.37. The smallest absolute Gasteiger partial charge is 0.240 e. The second-order valence-electron chi connectivity index (χ2n) is 5.34. The number of sulfonamides is 1. The van der Waals surface area contributed by atoms with E-state index in [-0.39, 0.29) is 16.1 Å². The molecule has 2 rings (SSSR count). The molecule has 4 nitrogen and oxygen atoms in total. The average Bonchev–Trinajstić information content (AvgIpc) is 2.75. The van der Waals surface area contributed by atoms with Gasteiger partial charge in [-0.2, -0.15) is 0 Å². The first-order chi connectivity index (χ1) is 8.41. The first kappa shape index (κ1) is 13.4. The zero-order valence-corrected chi connectivity index (χ0v) is 11.3. The van der Waals surface area contributed by atoms with Crippen LogP contribution in [0, 0.1) is 5.41 Å². The summed E-state index contributed by atoms with van der Waals surface area (Å²) in [4.78, 5) is 0.115. The molecule has 1 saturated carbocycles. The molecular weight excluding hydrogens is 250 g/mol. The van der Waals surface area contributed by atoms with Gasteiger partial charge in [0.2, 0.25) is 10.0 Å². The van der Waals surface area contributed by atoms with Crippen LogP contribution in [0.25, 0.3) is 0 Å². The number of phenols is 1. The fourth-order valence-electron chi connectivity index (χ4n) is 2.41. The van der Waals surface area contributed by atoms with Gasteiger partial charge in [0, 0.05) is 6.54 Å². The molecule has 0 aliphatic heterocycles. The van der Waals surface area contributed by atoms with Crippen molar-refractivity contribution in [3.63, 3.8) is 0 Å². The summed E-state index contributed by atoms with van der Waals surface area (Å²) in [5.41, 5.74) is 0.0733. The number of aromatic hydroxyl groups is 1. The largest absolute Gasteiger partial charge is 0.508 e. The second kappa shape index (κ2) is 4.90. The van der Waals surface area contributed by atoms with Gasteiger partial charge in [-0.05, 0) is 36.5 Å². The van der Waals surface area contributed by atoms with Crippen LogP contribution in [0.15, 0.2) is 29.2 Å². The Morgan fingerprint density at radius 2 is 2.00 bits per heavy atom. The van der Waals surface area contributed by atoms with E-state index in [2.05, 4.69) is 11.6 Å². The fourth-order valence-corrected chi connectivity index (χ4v) is 3.65. The van der Waals surface area contributed by atoms with Gasteiger partial charge in [-0.15, -0.1) is 0 Å². The third-order valence-corrected chi connectivity index (χ3v) is 5.03. The molecule has 0 spiro atoms. The lowest BCUT2D eigenvalue weighted by atomic mass is 9.89. The molecule has 1 aliphatic rings. The lowest BCUT2D eigenvalue weighted by molar-refractivity contribution is 0.336. The summed E-state index contributed by atoms with van der Waals surface area (Å²) < 4.78 is 26.8. The van der Waals surface area contributed by atoms with Crippen molar-refractivity contribution < 1.29 is 13.5 Å². The van der Waals surface area contributed by atoms with Crippen LogP contribution in [-0.2, 0) is 10.0 Å². The van der Waals surface area contributed by atoms with Crippen LogP contribution in [0.5, 0.6) is 5.75 Å². The molecule has 1 aromatic carbocycles. The summed E-state index contributed by atoms with van der Waals surface area (Å²) in [5, 5.41) is 9.31. The molecule has 1 fully saturated rings. The molecule has 0 saturated heterocycles. The normalized spacial score (nSPS) is 18.9. The van der Waals surface area contributed by atoms with Crippen molar-refractivity contribution in [1.82, 2.24) is 4.72 Å². The summed E-state index contributed by atoms with van der Waals surface area (Å²) in [6.45, 7) is 2.58. The number of nitrogens with one attached hydrogen (secondary N) is 1. The van der Waals surface area contributed by atoms with Gasteiger partial charge >= 0.3 is 0 Å². The van der Waals surface area contributed by atoms with Gasteiger partial charge in [-0.3, -0.25) is 0 Å². The quantitative estimate of drug-likeness (QED) is 0.881. The molecule has 0 heterocycles. The molecule has 0 aromatic heterocycles. The van der Waals surface area contributed by atoms with Crippen molar-refractivity contribution in [3.05, 3.63) is 24.3 Å². The SMILES string of the molecule is CC1(CNS(=O)(=O)c2cccc(O)c2)CCCC1. The summed E-state index contributed by atoms with van der Waals surface area (Å²) in [7, 11) is -3.52. The van der Waals surface area contributed by atoms with E-state index in [0.717, 1.165) is 12.8 Å². The number of rotatable bonds is 4. The van der Waals surface area contributed by atoms with Crippen LogP contribution in [-0.4, -0.2) is 20.1 Å². The molecule has 2 N–H and O–H groups in total. The Kier molecular flexibility index (Phi) is 3.64. The molecule has 0 amide bonds. The van der Waals surface area contributed by atoms with Crippen molar-refractivity contribution in [2.75, 3.05) is 6.54 Å². The standard InChI is InChI=1S/C13H19NO3S/c1-13(7-2-3-8-13)10-14-18(16,17)12-6-4-5-11(15)9-12/h4-6,9,14-15H,2-3,7-8,10H2,1H3. The van der Waals surface area contributed by atoms with E-state index in [0.29, 0.717) is 6.54 Å². The molecule has 5 heteroatoms. The molecule has 0 unspecified atom stereocenters. The van der Waals surface area contributed by atoms with E-state index in [4.69, 9.17) is 0 Å². The molecular formula is C13H19NO3S. The fraction of sp³-hybridized carbons (Fsp3) is 0.538. The van der Waals surface area contributed by atoms with Crippen LogP contribution in [0.4, 0.5) is 0 Å². The first-order valence-corrected chi connectivity index (χ1v) is 7.68. The maximum Gasteiger partial charge on any atom is 0.240 e. The highest BCUT2D eigenvalue weighted by molar-refractivity contribution is 7.89. The lowest BCUT2D eigenvalue weighted by Crippen LogP contribution is -2.34. The Hall–Kier alpha value is -1.07. The van der Waals surface area contributed by atoms with Gasteiger partial charge in [-0.25, -0.2) is 13.1 Å². The van der Waals surface area contributed by atoms with Crippen LogP contribution >= 0.6 is 0 Å². The minimum absolute atomic E-state index is 0.0371. The van der Waals surface area contributed by atoms with Gasteiger partial charge < -0.3 is 5.11 Å². The van der Waals surface area contributed by atoms with Crippen LogP contribution in [0.3, 0.4) is 0 Å². The Morgan fingerprint density at radius 3 is 2.61 bits per heavy atom. The summed E-state index contributed by atoms with van der Waals surface area (Å²) >= 11 is 0. The minimum atomic E-state index is -3.52. The van der Waals surface area contributed by atoms with Crippen molar-refractivity contribution in [3.8, 4) is 5.75 Å². The van der Waals surface area contributed by atoms with Crippen molar-refractivity contribution in [1.29, 1.82) is 0 Å². The molecule has 0 radical (unpaired) electrons. The van der Waals surface area contributed by atoms with E-state index < -0.39 is 10.0 Å².